The molecule has 0 bridgehead atoms. The van der Waals surface area contributed by atoms with Crippen molar-refractivity contribution >= 4 is 22.8 Å². The number of hydrogen-bond acceptors (Lipinski definition) is 7. The Morgan fingerprint density at radius 3 is 2.71 bits per heavy atom. The quantitative estimate of drug-likeness (QED) is 0.330. The van der Waals surface area contributed by atoms with Crippen molar-refractivity contribution in [3.8, 4) is 17.0 Å². The van der Waals surface area contributed by atoms with E-state index >= 15 is 0 Å². The molecule has 6 nitrogen and oxygen atoms in total. The molecule has 2 aliphatic rings. The molecule has 3 aromatic rings. The molecule has 202 valence electrons. The summed E-state index contributed by atoms with van der Waals surface area (Å²) < 4.78 is 11.9. The summed E-state index contributed by atoms with van der Waals surface area (Å²) in [7, 11) is 0. The summed E-state index contributed by atoms with van der Waals surface area (Å²) in [4.78, 5) is 21.4. The van der Waals surface area contributed by atoms with Crippen molar-refractivity contribution in [2.45, 2.75) is 53.2 Å². The number of aldehydes is 1. The van der Waals surface area contributed by atoms with E-state index in [0.717, 1.165) is 93.6 Å². The largest absolute Gasteiger partial charge is 0.488 e. The van der Waals surface area contributed by atoms with Gasteiger partial charge in [-0.05, 0) is 61.9 Å². The van der Waals surface area contributed by atoms with E-state index in [4.69, 9.17) is 14.5 Å². The number of carbonyl (C=O) groups is 1. The molecule has 1 aromatic heterocycles. The monoisotopic (exact) mass is 533 g/mol. The lowest BCUT2D eigenvalue weighted by atomic mass is 9.85. The average molecular weight is 534 g/mol. The topological polar surface area (TPSA) is 54.9 Å². The van der Waals surface area contributed by atoms with Gasteiger partial charge in [0.2, 0.25) is 0 Å². The molecule has 0 amide bonds. The van der Waals surface area contributed by atoms with Gasteiger partial charge >= 0.3 is 0 Å². The van der Waals surface area contributed by atoms with Crippen LogP contribution in [0.5, 0.6) is 5.75 Å². The lowest BCUT2D eigenvalue weighted by Crippen LogP contribution is -2.35. The highest BCUT2D eigenvalue weighted by Crippen LogP contribution is 2.37. The maximum absolute atomic E-state index is 11.6. The zero-order valence-corrected chi connectivity index (χ0v) is 23.7. The molecule has 1 unspecified atom stereocenters. The molecule has 38 heavy (non-hydrogen) atoms. The molecule has 0 radical (unpaired) electrons. The molecule has 0 aliphatic carbocycles. The van der Waals surface area contributed by atoms with Crippen molar-refractivity contribution in [3.05, 3.63) is 64.0 Å². The first-order valence-electron chi connectivity index (χ1n) is 13.7. The van der Waals surface area contributed by atoms with E-state index in [0.29, 0.717) is 6.61 Å². The average Bonchev–Trinajstić information content (AvgIpc) is 3.33. The van der Waals surface area contributed by atoms with Crippen LogP contribution in [0, 0.1) is 19.3 Å². The number of benzene rings is 2. The van der Waals surface area contributed by atoms with Crippen LogP contribution in [0.15, 0.2) is 41.8 Å². The van der Waals surface area contributed by atoms with Crippen LogP contribution in [0.4, 0.5) is 5.13 Å². The number of rotatable bonds is 8. The summed E-state index contributed by atoms with van der Waals surface area (Å²) in [6, 6.07) is 13.0. The number of thiazole rings is 1. The van der Waals surface area contributed by atoms with Gasteiger partial charge < -0.3 is 19.2 Å². The normalized spacial score (nSPS) is 20.8. The zero-order valence-electron chi connectivity index (χ0n) is 22.9. The minimum atomic E-state index is -0.217. The maximum Gasteiger partial charge on any atom is 0.185 e. The Balaban J connectivity index is 1.28. The Morgan fingerprint density at radius 1 is 1.08 bits per heavy atom. The van der Waals surface area contributed by atoms with Crippen LogP contribution >= 0.6 is 11.3 Å². The Morgan fingerprint density at radius 2 is 1.92 bits per heavy atom. The number of anilines is 1. The summed E-state index contributed by atoms with van der Waals surface area (Å²) in [5.74, 6) is 0.855. The lowest BCUT2D eigenvalue weighted by Gasteiger charge is -2.26. The van der Waals surface area contributed by atoms with Crippen LogP contribution in [-0.4, -0.2) is 55.6 Å². The van der Waals surface area contributed by atoms with E-state index < -0.39 is 0 Å². The van der Waals surface area contributed by atoms with Gasteiger partial charge in [0, 0.05) is 49.1 Å². The summed E-state index contributed by atoms with van der Waals surface area (Å²) >= 11 is 1.67. The number of aryl methyl sites for hydroxylation is 2. The highest BCUT2D eigenvalue weighted by molar-refractivity contribution is 7.14. The predicted octanol–water partition coefficient (Wildman–Crippen LogP) is 6.03. The van der Waals surface area contributed by atoms with Crippen LogP contribution < -0.4 is 9.64 Å². The van der Waals surface area contributed by atoms with Crippen molar-refractivity contribution in [1.82, 2.24) is 9.88 Å². The summed E-state index contributed by atoms with van der Waals surface area (Å²) in [5, 5.41) is 3.15. The molecule has 7 heteroatoms. The van der Waals surface area contributed by atoms with E-state index in [2.05, 4.69) is 72.3 Å². The first kappa shape index (κ1) is 26.9. The van der Waals surface area contributed by atoms with Gasteiger partial charge in [-0.1, -0.05) is 36.8 Å². The second kappa shape index (κ2) is 12.0. The molecule has 2 saturated heterocycles. The van der Waals surface area contributed by atoms with Crippen molar-refractivity contribution in [3.63, 3.8) is 0 Å². The van der Waals surface area contributed by atoms with E-state index in [-0.39, 0.29) is 5.41 Å². The number of morpholine rings is 1. The fourth-order valence-electron chi connectivity index (χ4n) is 5.30. The second-order valence-electron chi connectivity index (χ2n) is 11.1. The molecule has 5 rings (SSSR count). The number of hydrogen-bond donors (Lipinski definition) is 0. The molecule has 1 atom stereocenters. The van der Waals surface area contributed by atoms with Crippen molar-refractivity contribution in [1.29, 1.82) is 0 Å². The third-order valence-electron chi connectivity index (χ3n) is 7.89. The third kappa shape index (κ3) is 6.45. The fourth-order valence-corrected chi connectivity index (χ4v) is 6.18. The van der Waals surface area contributed by atoms with E-state index in [1.54, 1.807) is 11.3 Å². The van der Waals surface area contributed by atoms with Gasteiger partial charge in [0.1, 0.15) is 18.6 Å². The Labute approximate surface area is 230 Å². The third-order valence-corrected chi connectivity index (χ3v) is 8.79. The summed E-state index contributed by atoms with van der Waals surface area (Å²) in [6.45, 7) is 13.3. The maximum atomic E-state index is 11.6. The van der Waals surface area contributed by atoms with Gasteiger partial charge in [0.15, 0.2) is 5.13 Å². The minimum absolute atomic E-state index is 0.217. The van der Waals surface area contributed by atoms with Crippen molar-refractivity contribution in [2.24, 2.45) is 5.41 Å². The molecule has 0 spiro atoms. The SMILES string of the molecule is Cc1ccc(OCc2ccc(CN3CCOCC3)cc2C)c(-c2csc(N3CCCC(C)(C=O)CC3)n2)c1. The van der Waals surface area contributed by atoms with Crippen LogP contribution in [0.1, 0.15) is 48.4 Å². The lowest BCUT2D eigenvalue weighted by molar-refractivity contribution is -0.115. The predicted molar refractivity (Wildman–Crippen MR) is 154 cm³/mol. The highest BCUT2D eigenvalue weighted by atomic mass is 32.1. The number of ether oxygens (including phenoxy) is 2. The number of nitrogens with zero attached hydrogens (tertiary/aromatic N) is 3. The second-order valence-corrected chi connectivity index (χ2v) is 11.9. The van der Waals surface area contributed by atoms with Gasteiger partial charge in [-0.25, -0.2) is 4.98 Å². The standard InChI is InChI=1S/C31H39N3O3S/c1-23-5-8-29(37-20-26-7-6-25(18-24(26)2)19-33-13-15-36-16-14-33)27(17-23)28-21-38-30(32-28)34-11-4-9-31(3,22-35)10-12-34/h5-8,17-18,21-22H,4,9-16,19-20H2,1-3H3. The molecule has 2 aliphatic heterocycles. The molecular weight excluding hydrogens is 494 g/mol. The first-order valence-corrected chi connectivity index (χ1v) is 14.6. The Bertz CT molecular complexity index is 1250. The van der Waals surface area contributed by atoms with Crippen LogP contribution in [0.3, 0.4) is 0 Å². The van der Waals surface area contributed by atoms with E-state index in [1.165, 1.54) is 22.3 Å². The number of carbonyl (C=O) groups excluding carboxylic acids is 1. The van der Waals surface area contributed by atoms with Gasteiger partial charge in [-0.2, -0.15) is 0 Å². The van der Waals surface area contributed by atoms with E-state index in [1.807, 2.05) is 0 Å². The Kier molecular flexibility index (Phi) is 8.46. The van der Waals surface area contributed by atoms with Crippen LogP contribution in [-0.2, 0) is 22.7 Å². The smallest absolute Gasteiger partial charge is 0.185 e. The molecule has 0 N–H and O–H groups in total. The van der Waals surface area contributed by atoms with Gasteiger partial charge in [-0.3, -0.25) is 4.90 Å². The van der Waals surface area contributed by atoms with Gasteiger partial charge in [0.25, 0.3) is 0 Å². The molecule has 3 heterocycles. The minimum Gasteiger partial charge on any atom is -0.488 e. The van der Waals surface area contributed by atoms with E-state index in [9.17, 15) is 4.79 Å². The van der Waals surface area contributed by atoms with Crippen LogP contribution in [0.2, 0.25) is 0 Å². The Hall–Kier alpha value is -2.74. The summed E-state index contributed by atoms with van der Waals surface area (Å²) in [5.41, 5.74) is 6.73. The van der Waals surface area contributed by atoms with Gasteiger partial charge in [-0.15, -0.1) is 11.3 Å². The molecule has 0 saturated carbocycles. The van der Waals surface area contributed by atoms with Gasteiger partial charge in [0.05, 0.1) is 18.9 Å². The summed E-state index contributed by atoms with van der Waals surface area (Å²) in [6.07, 6.45) is 3.95. The van der Waals surface area contributed by atoms with Crippen molar-refractivity contribution in [2.75, 3.05) is 44.3 Å². The fraction of sp³-hybridized carbons (Fsp3) is 0.484. The zero-order chi connectivity index (χ0) is 26.5. The molecule has 2 fully saturated rings. The number of aromatic nitrogens is 1. The first-order chi connectivity index (χ1) is 18.4. The molecular formula is C31H39N3O3S. The van der Waals surface area contributed by atoms with Crippen LogP contribution in [0.25, 0.3) is 11.3 Å². The molecule has 2 aromatic carbocycles. The van der Waals surface area contributed by atoms with Crippen molar-refractivity contribution < 1.29 is 14.3 Å². The highest BCUT2D eigenvalue weighted by Gasteiger charge is 2.28.